The van der Waals surface area contributed by atoms with Gasteiger partial charge >= 0.3 is 0 Å². The van der Waals surface area contributed by atoms with E-state index in [1.54, 1.807) is 0 Å². The van der Waals surface area contributed by atoms with E-state index in [2.05, 4.69) is 16.5 Å². The average molecular weight is 165 g/mol. The second-order valence-electron chi connectivity index (χ2n) is 4.05. The van der Waals surface area contributed by atoms with Crippen LogP contribution in [0.2, 0.25) is 0 Å². The third kappa shape index (κ3) is 1.50. The summed E-state index contributed by atoms with van der Waals surface area (Å²) in [5.74, 6) is 0. The zero-order valence-corrected chi connectivity index (χ0v) is 7.45. The first-order valence-electron chi connectivity index (χ1n) is 4.43. The normalized spacial score (nSPS) is 19.5. The van der Waals surface area contributed by atoms with Gasteiger partial charge in [0.1, 0.15) is 0 Å². The lowest BCUT2D eigenvalue weighted by Gasteiger charge is -2.07. The molecule has 0 atom stereocenters. The predicted molar refractivity (Wildman–Crippen MR) is 47.5 cm³/mol. The summed E-state index contributed by atoms with van der Waals surface area (Å²) in [6, 6.07) is 0. The first-order chi connectivity index (χ1) is 5.72. The van der Waals surface area contributed by atoms with E-state index in [-0.39, 0.29) is 0 Å². The van der Waals surface area contributed by atoms with E-state index in [0.717, 1.165) is 12.2 Å². The van der Waals surface area contributed by atoms with Gasteiger partial charge in [-0.25, -0.2) is 4.98 Å². The number of imidazole rings is 1. The molecule has 0 radical (unpaired) electrons. The average Bonchev–Trinajstić information content (AvgIpc) is 2.63. The van der Waals surface area contributed by atoms with Gasteiger partial charge in [0.2, 0.25) is 0 Å². The molecule has 0 bridgehead atoms. The Morgan fingerprint density at radius 2 is 2.42 bits per heavy atom. The van der Waals surface area contributed by atoms with Crippen LogP contribution < -0.4 is 5.73 Å². The number of nitrogens with zero attached hydrogens (tertiary/aromatic N) is 2. The maximum absolute atomic E-state index is 5.47. The van der Waals surface area contributed by atoms with Crippen molar-refractivity contribution in [2.24, 2.45) is 11.1 Å². The van der Waals surface area contributed by atoms with Gasteiger partial charge in [-0.05, 0) is 18.3 Å². The summed E-state index contributed by atoms with van der Waals surface area (Å²) in [5, 5.41) is 0. The molecule has 0 aliphatic heterocycles. The topological polar surface area (TPSA) is 43.8 Å². The van der Waals surface area contributed by atoms with Crippen LogP contribution in [-0.4, -0.2) is 9.55 Å². The zero-order valence-electron chi connectivity index (χ0n) is 7.45. The minimum absolute atomic E-state index is 0.545. The molecular formula is C9H15N3. The minimum atomic E-state index is 0.545. The fourth-order valence-corrected chi connectivity index (χ4v) is 1.41. The van der Waals surface area contributed by atoms with E-state index in [9.17, 15) is 0 Å². The molecule has 1 aromatic heterocycles. The SMILES string of the molecule is CC1(Cn2cnc(CN)c2)CC1. The van der Waals surface area contributed by atoms with Crippen molar-refractivity contribution in [1.29, 1.82) is 0 Å². The zero-order chi connectivity index (χ0) is 8.60. The molecule has 2 rings (SSSR count). The predicted octanol–water partition coefficient (Wildman–Crippen LogP) is 1.14. The third-order valence-electron chi connectivity index (χ3n) is 2.56. The quantitative estimate of drug-likeness (QED) is 0.730. The molecule has 1 aromatic rings. The fourth-order valence-electron chi connectivity index (χ4n) is 1.41. The van der Waals surface area contributed by atoms with Crippen LogP contribution in [0.25, 0.3) is 0 Å². The van der Waals surface area contributed by atoms with Gasteiger partial charge in [0.05, 0.1) is 12.0 Å². The molecular weight excluding hydrogens is 150 g/mol. The summed E-state index contributed by atoms with van der Waals surface area (Å²) in [4.78, 5) is 4.18. The van der Waals surface area contributed by atoms with Gasteiger partial charge in [0.25, 0.3) is 0 Å². The summed E-state index contributed by atoms with van der Waals surface area (Å²) in [6.07, 6.45) is 6.63. The third-order valence-corrected chi connectivity index (χ3v) is 2.56. The summed E-state index contributed by atoms with van der Waals surface area (Å²) >= 11 is 0. The Hall–Kier alpha value is -0.830. The Labute approximate surface area is 72.6 Å². The van der Waals surface area contributed by atoms with Crippen LogP contribution in [0.15, 0.2) is 12.5 Å². The van der Waals surface area contributed by atoms with Crippen LogP contribution in [-0.2, 0) is 13.1 Å². The summed E-state index contributed by atoms with van der Waals surface area (Å²) in [7, 11) is 0. The Kier molecular flexibility index (Phi) is 1.68. The van der Waals surface area contributed by atoms with Crippen LogP contribution in [0.3, 0.4) is 0 Å². The molecule has 3 heteroatoms. The minimum Gasteiger partial charge on any atom is -0.337 e. The number of nitrogens with two attached hydrogens (primary N) is 1. The van der Waals surface area contributed by atoms with Crippen LogP contribution >= 0.6 is 0 Å². The van der Waals surface area contributed by atoms with Crippen LogP contribution in [0.1, 0.15) is 25.5 Å². The van der Waals surface area contributed by atoms with E-state index in [0.29, 0.717) is 12.0 Å². The molecule has 66 valence electrons. The van der Waals surface area contributed by atoms with Crippen LogP contribution in [0, 0.1) is 5.41 Å². The van der Waals surface area contributed by atoms with Gasteiger partial charge in [-0.3, -0.25) is 0 Å². The van der Waals surface area contributed by atoms with Crippen LogP contribution in [0.4, 0.5) is 0 Å². The van der Waals surface area contributed by atoms with Crippen LogP contribution in [0.5, 0.6) is 0 Å². The Morgan fingerprint density at radius 3 is 2.92 bits per heavy atom. The van der Waals surface area contributed by atoms with Crippen molar-refractivity contribution in [3.8, 4) is 0 Å². The molecule has 0 spiro atoms. The molecule has 1 heterocycles. The fraction of sp³-hybridized carbons (Fsp3) is 0.667. The first kappa shape index (κ1) is 7.80. The largest absolute Gasteiger partial charge is 0.337 e. The van der Waals surface area contributed by atoms with Gasteiger partial charge in [-0.1, -0.05) is 6.92 Å². The number of aromatic nitrogens is 2. The second kappa shape index (κ2) is 2.59. The van der Waals surface area contributed by atoms with Crippen molar-refractivity contribution in [2.45, 2.75) is 32.9 Å². The Morgan fingerprint density at radius 1 is 1.67 bits per heavy atom. The molecule has 3 nitrogen and oxygen atoms in total. The number of rotatable bonds is 3. The van der Waals surface area contributed by atoms with Gasteiger partial charge in [-0.15, -0.1) is 0 Å². The summed E-state index contributed by atoms with van der Waals surface area (Å²) in [6.45, 7) is 3.96. The molecule has 0 unspecified atom stereocenters. The number of hydrogen-bond acceptors (Lipinski definition) is 2. The highest BCUT2D eigenvalue weighted by Crippen LogP contribution is 2.46. The van der Waals surface area contributed by atoms with Gasteiger partial charge in [0, 0.05) is 19.3 Å². The first-order valence-corrected chi connectivity index (χ1v) is 4.43. The highest BCUT2D eigenvalue weighted by Gasteiger charge is 2.37. The molecule has 1 aliphatic rings. The van der Waals surface area contributed by atoms with E-state index in [1.807, 2.05) is 12.5 Å². The van der Waals surface area contributed by atoms with Crippen molar-refractivity contribution in [3.05, 3.63) is 18.2 Å². The second-order valence-corrected chi connectivity index (χ2v) is 4.05. The maximum atomic E-state index is 5.47. The van der Waals surface area contributed by atoms with Crippen molar-refractivity contribution in [1.82, 2.24) is 9.55 Å². The van der Waals surface area contributed by atoms with E-state index >= 15 is 0 Å². The van der Waals surface area contributed by atoms with Crippen molar-refractivity contribution in [3.63, 3.8) is 0 Å². The molecule has 1 saturated carbocycles. The van der Waals surface area contributed by atoms with E-state index in [1.165, 1.54) is 12.8 Å². The van der Waals surface area contributed by atoms with Gasteiger partial charge < -0.3 is 10.3 Å². The lowest BCUT2D eigenvalue weighted by atomic mass is 10.1. The molecule has 2 N–H and O–H groups in total. The lowest BCUT2D eigenvalue weighted by molar-refractivity contribution is 0.464. The number of hydrogen-bond donors (Lipinski definition) is 1. The summed E-state index contributed by atoms with van der Waals surface area (Å²) in [5.41, 5.74) is 7.00. The van der Waals surface area contributed by atoms with Crippen molar-refractivity contribution >= 4 is 0 Å². The standard InChI is InChI=1S/C9H15N3/c1-9(2-3-9)6-12-5-8(4-10)11-7-12/h5,7H,2-4,6,10H2,1H3. The summed E-state index contributed by atoms with van der Waals surface area (Å²) < 4.78 is 2.15. The molecule has 1 aliphatic carbocycles. The Bertz CT molecular complexity index is 273. The highest BCUT2D eigenvalue weighted by molar-refractivity contribution is 4.98. The lowest BCUT2D eigenvalue weighted by Crippen LogP contribution is -2.05. The maximum Gasteiger partial charge on any atom is 0.0950 e. The molecule has 0 saturated heterocycles. The van der Waals surface area contributed by atoms with E-state index in [4.69, 9.17) is 5.73 Å². The van der Waals surface area contributed by atoms with Crippen molar-refractivity contribution < 1.29 is 0 Å². The molecule has 12 heavy (non-hydrogen) atoms. The monoisotopic (exact) mass is 165 g/mol. The van der Waals surface area contributed by atoms with Crippen molar-refractivity contribution in [2.75, 3.05) is 0 Å². The molecule has 1 fully saturated rings. The van der Waals surface area contributed by atoms with Gasteiger partial charge in [0.15, 0.2) is 0 Å². The Balaban J connectivity index is 2.03. The molecule has 0 aromatic carbocycles. The highest BCUT2D eigenvalue weighted by atomic mass is 15.0. The molecule has 0 amide bonds. The smallest absolute Gasteiger partial charge is 0.0950 e. The van der Waals surface area contributed by atoms with E-state index < -0.39 is 0 Å². The van der Waals surface area contributed by atoms with Gasteiger partial charge in [-0.2, -0.15) is 0 Å².